The molecule has 0 aliphatic carbocycles. The monoisotopic (exact) mass is 399 g/mol. The molecule has 0 radical (unpaired) electrons. The zero-order valence-electron chi connectivity index (χ0n) is 17.5. The number of rotatable bonds is 4. The molecule has 6 nitrogen and oxygen atoms in total. The number of fused-ring (bicyclic) bond motifs is 3. The first-order valence-corrected chi connectivity index (χ1v) is 10.5. The van der Waals surface area contributed by atoms with Crippen LogP contribution >= 0.6 is 0 Å². The van der Waals surface area contributed by atoms with Crippen LogP contribution in [0.3, 0.4) is 0 Å². The van der Waals surface area contributed by atoms with E-state index in [2.05, 4.69) is 57.7 Å². The van der Waals surface area contributed by atoms with Gasteiger partial charge in [-0.05, 0) is 56.5 Å². The summed E-state index contributed by atoms with van der Waals surface area (Å²) in [5, 5.41) is 23.9. The van der Waals surface area contributed by atoms with Crippen LogP contribution < -0.4 is 10.2 Å². The molecule has 3 atom stereocenters. The van der Waals surface area contributed by atoms with E-state index < -0.39 is 0 Å². The molecule has 2 saturated heterocycles. The van der Waals surface area contributed by atoms with Gasteiger partial charge in [0.2, 0.25) is 0 Å². The summed E-state index contributed by atoms with van der Waals surface area (Å²) in [5.41, 5.74) is 4.93. The quantitative estimate of drug-likeness (QED) is 0.706. The minimum atomic E-state index is -0.00152. The Morgan fingerprint density at radius 1 is 1.20 bits per heavy atom. The van der Waals surface area contributed by atoms with Crippen LogP contribution in [-0.2, 0) is 4.74 Å². The van der Waals surface area contributed by atoms with E-state index in [-0.39, 0.29) is 6.04 Å². The minimum Gasteiger partial charge on any atom is -0.374 e. The molecule has 1 aromatic heterocycles. The maximum Gasteiger partial charge on any atom is 0.157 e. The zero-order valence-corrected chi connectivity index (χ0v) is 17.5. The summed E-state index contributed by atoms with van der Waals surface area (Å²) in [5.74, 6) is 0.771. The van der Waals surface area contributed by atoms with Gasteiger partial charge in [-0.2, -0.15) is 10.4 Å². The van der Waals surface area contributed by atoms with E-state index >= 15 is 0 Å². The van der Waals surface area contributed by atoms with Gasteiger partial charge in [0.15, 0.2) is 5.82 Å². The third-order valence-electron chi connectivity index (χ3n) is 6.50. The number of benzene rings is 2. The lowest BCUT2D eigenvalue weighted by Gasteiger charge is -2.29. The molecule has 2 bridgehead atoms. The maximum atomic E-state index is 9.36. The lowest BCUT2D eigenvalue weighted by molar-refractivity contribution is 0.0991. The number of ether oxygens (including phenoxy) is 1. The average Bonchev–Trinajstić information content (AvgIpc) is 3.39. The molecule has 152 valence electrons. The van der Waals surface area contributed by atoms with Crippen molar-refractivity contribution in [2.75, 3.05) is 23.4 Å². The Bertz CT molecular complexity index is 1170. The van der Waals surface area contributed by atoms with Crippen LogP contribution in [0.1, 0.15) is 41.8 Å². The molecule has 3 aromatic rings. The summed E-state index contributed by atoms with van der Waals surface area (Å²) in [6.45, 7) is 7.85. The van der Waals surface area contributed by atoms with Gasteiger partial charge in [-0.25, -0.2) is 0 Å². The van der Waals surface area contributed by atoms with Crippen molar-refractivity contribution in [3.8, 4) is 6.07 Å². The van der Waals surface area contributed by atoms with E-state index in [0.717, 1.165) is 53.0 Å². The number of hydrogen-bond acceptors (Lipinski definition) is 6. The van der Waals surface area contributed by atoms with Gasteiger partial charge in [0.25, 0.3) is 0 Å². The molecule has 2 aromatic carbocycles. The Kier molecular flexibility index (Phi) is 4.56. The molecule has 0 spiro atoms. The SMILES string of the molecule is Cc1c(C#N)cccc1C(C)Nc1nnc(C)c2ccc(N3C[C@H]4C[C@@H]3CO4)cc12. The molecule has 0 saturated carbocycles. The molecule has 6 heteroatoms. The van der Waals surface area contributed by atoms with Crippen molar-refractivity contribution >= 4 is 22.3 Å². The molecule has 1 N–H and O–H groups in total. The van der Waals surface area contributed by atoms with E-state index in [1.54, 1.807) is 0 Å². The summed E-state index contributed by atoms with van der Waals surface area (Å²) < 4.78 is 5.77. The fourth-order valence-corrected chi connectivity index (χ4v) is 4.80. The summed E-state index contributed by atoms with van der Waals surface area (Å²) in [6.07, 6.45) is 1.47. The molecular formula is C24H25N5O. The second-order valence-corrected chi connectivity index (χ2v) is 8.36. The Morgan fingerprint density at radius 2 is 2.07 bits per heavy atom. The van der Waals surface area contributed by atoms with Crippen molar-refractivity contribution in [3.05, 3.63) is 58.8 Å². The summed E-state index contributed by atoms with van der Waals surface area (Å²) in [6, 6.07) is 15.1. The van der Waals surface area contributed by atoms with Crippen LogP contribution in [0.25, 0.3) is 10.8 Å². The fraction of sp³-hybridized carbons (Fsp3) is 0.375. The molecule has 2 aliphatic rings. The summed E-state index contributed by atoms with van der Waals surface area (Å²) in [4.78, 5) is 2.46. The molecule has 30 heavy (non-hydrogen) atoms. The highest BCUT2D eigenvalue weighted by Crippen LogP contribution is 2.36. The van der Waals surface area contributed by atoms with Crippen LogP contribution in [0.2, 0.25) is 0 Å². The average molecular weight is 399 g/mol. The predicted molar refractivity (Wildman–Crippen MR) is 118 cm³/mol. The second-order valence-electron chi connectivity index (χ2n) is 8.36. The predicted octanol–water partition coefficient (Wildman–Crippen LogP) is 4.27. The third-order valence-corrected chi connectivity index (χ3v) is 6.50. The molecule has 3 heterocycles. The van der Waals surface area contributed by atoms with E-state index in [9.17, 15) is 5.26 Å². The van der Waals surface area contributed by atoms with E-state index in [4.69, 9.17) is 4.74 Å². The van der Waals surface area contributed by atoms with Gasteiger partial charge in [0, 0.05) is 23.0 Å². The van der Waals surface area contributed by atoms with E-state index in [1.807, 2.05) is 26.0 Å². The van der Waals surface area contributed by atoms with E-state index in [0.29, 0.717) is 17.7 Å². The van der Waals surface area contributed by atoms with Gasteiger partial charge in [-0.3, -0.25) is 0 Å². The molecule has 5 rings (SSSR count). The standard InChI is InChI=1S/C24H25N5O/c1-14-17(11-25)5-4-6-21(14)15(2)26-24-23-10-18(7-8-22(23)16(3)27-28-24)29-12-20-9-19(29)13-30-20/h4-8,10,15,19-20H,9,12-13H2,1-3H3,(H,26,28)/t15?,19-,20-/m1/s1. The van der Waals surface area contributed by atoms with E-state index in [1.165, 1.54) is 5.69 Å². The van der Waals surface area contributed by atoms with Gasteiger partial charge in [-0.1, -0.05) is 18.2 Å². The highest BCUT2D eigenvalue weighted by molar-refractivity contribution is 5.95. The second kappa shape index (κ2) is 7.26. The highest BCUT2D eigenvalue weighted by Gasteiger charge is 2.39. The smallest absolute Gasteiger partial charge is 0.157 e. The van der Waals surface area contributed by atoms with Crippen LogP contribution in [0.4, 0.5) is 11.5 Å². The first kappa shape index (κ1) is 18.8. The van der Waals surface area contributed by atoms with Gasteiger partial charge in [0.1, 0.15) is 0 Å². The Hall–Kier alpha value is -3.17. The first-order chi connectivity index (χ1) is 14.5. The normalized spacial score (nSPS) is 21.1. The van der Waals surface area contributed by atoms with Crippen LogP contribution in [0.15, 0.2) is 36.4 Å². The van der Waals surface area contributed by atoms with Crippen molar-refractivity contribution < 1.29 is 4.74 Å². The Balaban J connectivity index is 1.52. The first-order valence-electron chi connectivity index (χ1n) is 10.5. The molecule has 1 unspecified atom stereocenters. The molecule has 2 fully saturated rings. The number of anilines is 2. The van der Waals surface area contributed by atoms with Crippen molar-refractivity contribution in [1.82, 2.24) is 10.2 Å². The summed E-state index contributed by atoms with van der Waals surface area (Å²) in [7, 11) is 0. The lowest BCUT2D eigenvalue weighted by Crippen LogP contribution is -2.36. The molecular weight excluding hydrogens is 374 g/mol. The largest absolute Gasteiger partial charge is 0.374 e. The summed E-state index contributed by atoms with van der Waals surface area (Å²) >= 11 is 0. The number of aromatic nitrogens is 2. The van der Waals surface area contributed by atoms with Crippen LogP contribution in [0, 0.1) is 25.2 Å². The minimum absolute atomic E-state index is 0.00152. The Morgan fingerprint density at radius 3 is 2.80 bits per heavy atom. The highest BCUT2D eigenvalue weighted by atomic mass is 16.5. The van der Waals surface area contributed by atoms with Gasteiger partial charge < -0.3 is 15.0 Å². The van der Waals surface area contributed by atoms with Gasteiger partial charge in [0.05, 0.1) is 42.1 Å². The van der Waals surface area contributed by atoms with Gasteiger partial charge >= 0.3 is 0 Å². The van der Waals surface area contributed by atoms with Crippen LogP contribution in [-0.4, -0.2) is 35.5 Å². The number of aryl methyl sites for hydroxylation is 1. The van der Waals surface area contributed by atoms with Crippen molar-refractivity contribution in [1.29, 1.82) is 5.26 Å². The lowest BCUT2D eigenvalue weighted by atomic mass is 9.98. The number of hydrogen-bond donors (Lipinski definition) is 1. The third kappa shape index (κ3) is 3.06. The topological polar surface area (TPSA) is 74.1 Å². The fourth-order valence-electron chi connectivity index (χ4n) is 4.80. The van der Waals surface area contributed by atoms with Crippen molar-refractivity contribution in [2.45, 2.75) is 45.4 Å². The maximum absolute atomic E-state index is 9.36. The zero-order chi connectivity index (χ0) is 20.8. The van der Waals surface area contributed by atoms with Gasteiger partial charge in [-0.15, -0.1) is 5.10 Å². The molecule has 0 amide bonds. The number of nitrogens with one attached hydrogen (secondary N) is 1. The number of nitrogens with zero attached hydrogens (tertiary/aromatic N) is 4. The van der Waals surface area contributed by atoms with Crippen molar-refractivity contribution in [3.63, 3.8) is 0 Å². The molecule has 2 aliphatic heterocycles. The Labute approximate surface area is 176 Å². The van der Waals surface area contributed by atoms with Crippen LogP contribution in [0.5, 0.6) is 0 Å². The van der Waals surface area contributed by atoms with Crippen molar-refractivity contribution in [2.24, 2.45) is 0 Å². The number of nitriles is 1. The number of morpholine rings is 1.